The van der Waals surface area contributed by atoms with Gasteiger partial charge in [-0.15, -0.1) is 0 Å². The molecule has 0 unspecified atom stereocenters. The molecule has 0 spiro atoms. The predicted molar refractivity (Wildman–Crippen MR) is 174 cm³/mol. The van der Waals surface area contributed by atoms with Gasteiger partial charge in [-0.3, -0.25) is 9.69 Å². The Balaban J connectivity index is 1.15. The summed E-state index contributed by atoms with van der Waals surface area (Å²) in [7, 11) is -1.55. The zero-order chi connectivity index (χ0) is 32.4. The Morgan fingerprint density at radius 2 is 1.54 bits per heavy atom. The molecule has 1 saturated carbocycles. The van der Waals surface area contributed by atoms with E-state index < -0.39 is 16.0 Å². The molecule has 46 heavy (non-hydrogen) atoms. The standard InChI is InChI=1S/C32H40N8O5S/c1-22(41)45-39(46(3,42)43)20-23-4-12-27(13-5-23)44-28-14-6-24(7-15-28)30-29-31(33)34-21-35-32(29)40(36-30)26-10-8-25(9-11-26)38-18-16-37(2)17-19-38/h4-7,12-15,21,25-26H,8-11,16-20H2,1-3H3,(H2,33,34,35). The smallest absolute Gasteiger partial charge is 0.323 e. The molecule has 13 nitrogen and oxygen atoms in total. The Bertz CT molecular complexity index is 1780. The number of piperazine rings is 1. The number of aromatic nitrogens is 4. The maximum atomic E-state index is 12.0. The SMILES string of the molecule is CC(=O)ON(Cc1ccc(Oc2ccc(-c3nn(C4CCC(N5CCN(C)CC5)CC4)c4ncnc(N)c34)cc2)cc1)S(C)(=O)=O. The lowest BCUT2D eigenvalue weighted by atomic mass is 9.90. The van der Waals surface area contributed by atoms with E-state index in [2.05, 4.69) is 31.5 Å². The summed E-state index contributed by atoms with van der Waals surface area (Å²) in [4.78, 5) is 30.1. The lowest BCUT2D eigenvalue weighted by Gasteiger charge is -2.41. The van der Waals surface area contributed by atoms with Crippen molar-refractivity contribution in [2.45, 2.75) is 51.2 Å². The summed E-state index contributed by atoms with van der Waals surface area (Å²) in [6.07, 6.45) is 6.85. The fourth-order valence-corrected chi connectivity index (χ4v) is 6.92. The third-order valence-corrected chi connectivity index (χ3v) is 9.73. The molecule has 6 rings (SSSR count). The van der Waals surface area contributed by atoms with Crippen LogP contribution in [0.5, 0.6) is 11.5 Å². The number of fused-ring (bicyclic) bond motifs is 1. The summed E-state index contributed by atoms with van der Waals surface area (Å²) in [5.74, 6) is 0.868. The number of likely N-dealkylation sites (N-methyl/N-ethyl adjacent to an activating group) is 1. The first-order valence-corrected chi connectivity index (χ1v) is 17.3. The Hall–Kier alpha value is -4.11. The van der Waals surface area contributed by atoms with Crippen LogP contribution in [0.4, 0.5) is 5.82 Å². The van der Waals surface area contributed by atoms with Crippen molar-refractivity contribution in [2.75, 3.05) is 45.2 Å². The fourth-order valence-electron chi connectivity index (χ4n) is 6.30. The number of hydrogen-bond acceptors (Lipinski definition) is 11. The maximum absolute atomic E-state index is 12.0. The number of ether oxygens (including phenoxy) is 1. The van der Waals surface area contributed by atoms with Crippen molar-refractivity contribution in [2.24, 2.45) is 0 Å². The van der Waals surface area contributed by atoms with Gasteiger partial charge in [0.2, 0.25) is 10.0 Å². The maximum Gasteiger partial charge on any atom is 0.323 e. The molecule has 2 aromatic carbocycles. The second-order valence-electron chi connectivity index (χ2n) is 12.1. The van der Waals surface area contributed by atoms with Gasteiger partial charge in [0.25, 0.3) is 0 Å². The van der Waals surface area contributed by atoms with Crippen LogP contribution >= 0.6 is 0 Å². The molecule has 1 aliphatic carbocycles. The van der Waals surface area contributed by atoms with E-state index in [1.165, 1.54) is 6.33 Å². The average molecular weight is 649 g/mol. The Kier molecular flexibility index (Phi) is 9.22. The van der Waals surface area contributed by atoms with Crippen molar-refractivity contribution in [3.8, 4) is 22.8 Å². The molecule has 0 amide bonds. The quantitative estimate of drug-likeness (QED) is 0.264. The van der Waals surface area contributed by atoms with Gasteiger partial charge >= 0.3 is 5.97 Å². The van der Waals surface area contributed by atoms with E-state index in [0.29, 0.717) is 33.4 Å². The van der Waals surface area contributed by atoms with E-state index in [1.54, 1.807) is 24.3 Å². The molecule has 0 bridgehead atoms. The minimum Gasteiger partial charge on any atom is -0.457 e. The van der Waals surface area contributed by atoms with Crippen LogP contribution in [0.25, 0.3) is 22.3 Å². The molecular weight excluding hydrogens is 608 g/mol. The molecule has 0 radical (unpaired) electrons. The molecule has 4 aromatic rings. The lowest BCUT2D eigenvalue weighted by molar-refractivity contribution is -0.167. The van der Waals surface area contributed by atoms with Gasteiger partial charge in [-0.05, 0) is 79.2 Å². The van der Waals surface area contributed by atoms with Crippen LogP contribution in [0.15, 0.2) is 54.9 Å². The number of hydroxylamine groups is 1. The summed E-state index contributed by atoms with van der Waals surface area (Å²) in [5, 5.41) is 5.82. The van der Waals surface area contributed by atoms with Crippen LogP contribution in [-0.2, 0) is 26.2 Å². The minimum atomic E-state index is -3.74. The monoisotopic (exact) mass is 648 g/mol. The van der Waals surface area contributed by atoms with Crippen LogP contribution in [0.2, 0.25) is 0 Å². The normalized spacial score (nSPS) is 19.8. The number of carbonyl (C=O) groups is 1. The van der Waals surface area contributed by atoms with Crippen LogP contribution in [0.1, 0.15) is 44.2 Å². The molecular formula is C32H40N8O5S. The molecule has 3 heterocycles. The van der Waals surface area contributed by atoms with Gasteiger partial charge in [0.15, 0.2) is 5.65 Å². The third kappa shape index (κ3) is 7.15. The highest BCUT2D eigenvalue weighted by Gasteiger charge is 2.30. The first-order chi connectivity index (χ1) is 22.0. The van der Waals surface area contributed by atoms with Gasteiger partial charge < -0.3 is 20.2 Å². The van der Waals surface area contributed by atoms with Gasteiger partial charge in [0.05, 0.1) is 24.2 Å². The Morgan fingerprint density at radius 1 is 0.935 bits per heavy atom. The topological polar surface area (TPSA) is 149 Å². The lowest BCUT2D eigenvalue weighted by Crippen LogP contribution is -2.49. The Morgan fingerprint density at radius 3 is 2.15 bits per heavy atom. The van der Waals surface area contributed by atoms with Crippen LogP contribution in [-0.4, -0.2) is 93.9 Å². The highest BCUT2D eigenvalue weighted by Crippen LogP contribution is 2.37. The van der Waals surface area contributed by atoms with E-state index in [0.717, 1.165) is 87.3 Å². The number of rotatable bonds is 9. The molecule has 2 fully saturated rings. The van der Waals surface area contributed by atoms with Gasteiger partial charge in [-0.2, -0.15) is 5.10 Å². The summed E-state index contributed by atoms with van der Waals surface area (Å²) >= 11 is 0. The van der Waals surface area contributed by atoms with Gasteiger partial charge in [0.1, 0.15) is 29.3 Å². The van der Waals surface area contributed by atoms with Crippen molar-refractivity contribution in [3.63, 3.8) is 0 Å². The van der Waals surface area contributed by atoms with E-state index in [9.17, 15) is 13.2 Å². The molecule has 1 saturated heterocycles. The summed E-state index contributed by atoms with van der Waals surface area (Å²) < 4.78 is 32.7. The Labute approximate surface area is 268 Å². The number of carbonyl (C=O) groups excluding carboxylic acids is 1. The second-order valence-corrected chi connectivity index (χ2v) is 14.0. The summed E-state index contributed by atoms with van der Waals surface area (Å²) in [6.45, 7) is 5.57. The molecule has 2 N–H and O–H groups in total. The van der Waals surface area contributed by atoms with Gasteiger partial charge in [-0.1, -0.05) is 12.1 Å². The fraction of sp³-hybridized carbons (Fsp3) is 0.438. The zero-order valence-corrected chi connectivity index (χ0v) is 27.2. The van der Waals surface area contributed by atoms with Gasteiger partial charge in [-0.25, -0.2) is 23.1 Å². The average Bonchev–Trinajstić information content (AvgIpc) is 3.43. The number of benzene rings is 2. The largest absolute Gasteiger partial charge is 0.457 e. The molecule has 244 valence electrons. The van der Waals surface area contributed by atoms with Crippen molar-refractivity contribution in [3.05, 3.63) is 60.4 Å². The van der Waals surface area contributed by atoms with Crippen molar-refractivity contribution >= 4 is 32.8 Å². The number of hydrogen-bond donors (Lipinski definition) is 1. The number of nitrogens with zero attached hydrogens (tertiary/aromatic N) is 7. The summed E-state index contributed by atoms with van der Waals surface area (Å²) in [6, 6.07) is 15.4. The zero-order valence-electron chi connectivity index (χ0n) is 26.4. The number of nitrogen functional groups attached to an aromatic ring is 1. The second kappa shape index (κ2) is 13.3. The van der Waals surface area contributed by atoms with Crippen molar-refractivity contribution in [1.29, 1.82) is 0 Å². The van der Waals surface area contributed by atoms with E-state index in [1.807, 2.05) is 24.3 Å². The number of anilines is 1. The van der Waals surface area contributed by atoms with E-state index >= 15 is 0 Å². The number of nitrogens with two attached hydrogens (primary N) is 1. The molecule has 2 aliphatic rings. The van der Waals surface area contributed by atoms with E-state index in [-0.39, 0.29) is 12.6 Å². The third-order valence-electron chi connectivity index (χ3n) is 8.78. The van der Waals surface area contributed by atoms with Crippen molar-refractivity contribution < 1.29 is 22.8 Å². The molecule has 14 heteroatoms. The highest BCUT2D eigenvalue weighted by molar-refractivity contribution is 7.88. The van der Waals surface area contributed by atoms with Crippen LogP contribution < -0.4 is 10.5 Å². The van der Waals surface area contributed by atoms with Gasteiger partial charge in [0, 0.05) is 44.7 Å². The first kappa shape index (κ1) is 31.9. The number of sulfonamides is 1. The molecule has 0 atom stereocenters. The van der Waals surface area contributed by atoms with E-state index in [4.69, 9.17) is 20.4 Å². The summed E-state index contributed by atoms with van der Waals surface area (Å²) in [5.41, 5.74) is 9.40. The van der Waals surface area contributed by atoms with Crippen LogP contribution in [0.3, 0.4) is 0 Å². The predicted octanol–water partition coefficient (Wildman–Crippen LogP) is 3.84. The molecule has 2 aromatic heterocycles. The first-order valence-electron chi connectivity index (χ1n) is 15.5. The minimum absolute atomic E-state index is 0.113. The highest BCUT2D eigenvalue weighted by atomic mass is 32.2. The molecule has 1 aliphatic heterocycles. The van der Waals surface area contributed by atoms with Crippen molar-refractivity contribution in [1.82, 2.24) is 34.0 Å². The van der Waals surface area contributed by atoms with Crippen LogP contribution in [0, 0.1) is 0 Å².